The molecule has 3 atom stereocenters. The molecule has 0 aromatic heterocycles. The average Bonchev–Trinajstić information content (AvgIpc) is 2.52. The molecule has 1 saturated heterocycles. The Morgan fingerprint density at radius 2 is 2.29 bits per heavy atom. The molecule has 14 heavy (non-hydrogen) atoms. The molecule has 0 aliphatic carbocycles. The maximum Gasteiger partial charge on any atom is 0.0666 e. The van der Waals surface area contributed by atoms with Crippen molar-refractivity contribution in [3.05, 3.63) is 0 Å². The van der Waals surface area contributed by atoms with Crippen molar-refractivity contribution in [2.75, 3.05) is 18.2 Å². The third kappa shape index (κ3) is 4.41. The van der Waals surface area contributed by atoms with E-state index in [1.807, 2.05) is 0 Å². The van der Waals surface area contributed by atoms with Crippen LogP contribution in [0.2, 0.25) is 0 Å². The minimum Gasteiger partial charge on any atom is -0.377 e. The van der Waals surface area contributed by atoms with Crippen LogP contribution in [0.4, 0.5) is 0 Å². The van der Waals surface area contributed by atoms with Crippen molar-refractivity contribution >= 4 is 23.4 Å². The van der Waals surface area contributed by atoms with E-state index in [4.69, 9.17) is 16.3 Å². The number of ether oxygens (including phenoxy) is 1. The predicted octanol–water partition coefficient (Wildman–Crippen LogP) is 3.55. The molecule has 1 heterocycles. The Hall–Kier alpha value is 0.600. The number of rotatable bonds is 6. The summed E-state index contributed by atoms with van der Waals surface area (Å²) in [5.74, 6) is 2.84. The first-order chi connectivity index (χ1) is 6.74. The van der Waals surface area contributed by atoms with E-state index in [-0.39, 0.29) is 0 Å². The third-order valence-electron chi connectivity index (χ3n) is 2.85. The molecule has 0 aromatic rings. The van der Waals surface area contributed by atoms with Gasteiger partial charge < -0.3 is 4.74 Å². The summed E-state index contributed by atoms with van der Waals surface area (Å²) in [6.07, 6.45) is 4.14. The molecule has 1 aliphatic heterocycles. The second kappa shape index (κ2) is 6.97. The van der Waals surface area contributed by atoms with Gasteiger partial charge in [-0.3, -0.25) is 0 Å². The fraction of sp³-hybridized carbons (Fsp3) is 1.00. The Kier molecular flexibility index (Phi) is 6.31. The summed E-state index contributed by atoms with van der Waals surface area (Å²) < 4.78 is 5.53. The summed E-state index contributed by atoms with van der Waals surface area (Å²) in [7, 11) is 0. The zero-order chi connectivity index (χ0) is 10.4. The maximum atomic E-state index is 5.70. The van der Waals surface area contributed by atoms with Crippen LogP contribution in [-0.4, -0.2) is 29.6 Å². The van der Waals surface area contributed by atoms with Crippen molar-refractivity contribution in [3.8, 4) is 0 Å². The lowest BCUT2D eigenvalue weighted by Crippen LogP contribution is -2.14. The van der Waals surface area contributed by atoms with Gasteiger partial charge in [0, 0.05) is 17.7 Å². The van der Waals surface area contributed by atoms with Gasteiger partial charge in [0.2, 0.25) is 0 Å². The summed E-state index contributed by atoms with van der Waals surface area (Å²) in [5.41, 5.74) is 0. The van der Waals surface area contributed by atoms with Gasteiger partial charge in [-0.2, -0.15) is 11.8 Å². The molecule has 0 radical (unpaired) electrons. The minimum absolute atomic E-state index is 0.461. The fourth-order valence-electron chi connectivity index (χ4n) is 1.68. The summed E-state index contributed by atoms with van der Waals surface area (Å²) in [6.45, 7) is 5.43. The van der Waals surface area contributed by atoms with Gasteiger partial charge in [0.25, 0.3) is 0 Å². The zero-order valence-electron chi connectivity index (χ0n) is 9.17. The highest BCUT2D eigenvalue weighted by atomic mass is 35.5. The zero-order valence-corrected chi connectivity index (χ0v) is 10.7. The predicted molar refractivity (Wildman–Crippen MR) is 65.4 cm³/mol. The second-order valence-electron chi connectivity index (χ2n) is 4.15. The lowest BCUT2D eigenvalue weighted by molar-refractivity contribution is 0.127. The molecule has 1 rings (SSSR count). The van der Waals surface area contributed by atoms with Gasteiger partial charge in [0.1, 0.15) is 0 Å². The highest BCUT2D eigenvalue weighted by Gasteiger charge is 2.24. The monoisotopic (exact) mass is 236 g/mol. The first-order valence-corrected chi connectivity index (χ1v) is 7.11. The smallest absolute Gasteiger partial charge is 0.0666 e. The van der Waals surface area contributed by atoms with Crippen LogP contribution in [0.1, 0.15) is 33.1 Å². The van der Waals surface area contributed by atoms with Gasteiger partial charge in [-0.1, -0.05) is 6.92 Å². The van der Waals surface area contributed by atoms with Gasteiger partial charge in [0.05, 0.1) is 6.10 Å². The molecule has 0 aromatic carbocycles. The summed E-state index contributed by atoms with van der Waals surface area (Å²) in [6, 6.07) is 0. The molecule has 3 heteroatoms. The Balaban J connectivity index is 2.03. The first-order valence-electron chi connectivity index (χ1n) is 5.53. The van der Waals surface area contributed by atoms with Gasteiger partial charge >= 0.3 is 0 Å². The molecule has 0 saturated carbocycles. The van der Waals surface area contributed by atoms with Crippen LogP contribution in [0.3, 0.4) is 0 Å². The highest BCUT2D eigenvalue weighted by Crippen LogP contribution is 2.27. The quantitative estimate of drug-likeness (QED) is 0.653. The van der Waals surface area contributed by atoms with E-state index >= 15 is 0 Å². The molecule has 1 nitrogen and oxygen atoms in total. The second-order valence-corrected chi connectivity index (χ2v) is 5.87. The van der Waals surface area contributed by atoms with E-state index in [9.17, 15) is 0 Å². The van der Waals surface area contributed by atoms with Crippen molar-refractivity contribution in [3.63, 3.8) is 0 Å². The van der Waals surface area contributed by atoms with Crippen LogP contribution >= 0.6 is 23.4 Å². The molecule has 84 valence electrons. The maximum absolute atomic E-state index is 5.70. The Bertz CT molecular complexity index is 154. The lowest BCUT2D eigenvalue weighted by Gasteiger charge is -2.15. The number of halogens is 1. The van der Waals surface area contributed by atoms with Crippen LogP contribution in [0, 0.1) is 5.92 Å². The van der Waals surface area contributed by atoms with Crippen molar-refractivity contribution in [1.29, 1.82) is 0 Å². The normalized spacial score (nSPS) is 29.4. The van der Waals surface area contributed by atoms with E-state index < -0.39 is 0 Å². The Morgan fingerprint density at radius 1 is 1.50 bits per heavy atom. The van der Waals surface area contributed by atoms with Crippen molar-refractivity contribution < 1.29 is 4.74 Å². The van der Waals surface area contributed by atoms with Crippen molar-refractivity contribution in [2.24, 2.45) is 5.92 Å². The Labute approximate surface area is 96.9 Å². The first kappa shape index (κ1) is 12.7. The molecule has 3 unspecified atom stereocenters. The number of hydrogen-bond acceptors (Lipinski definition) is 2. The van der Waals surface area contributed by atoms with E-state index in [0.717, 1.165) is 30.1 Å². The number of thioether (sulfide) groups is 1. The van der Waals surface area contributed by atoms with Crippen LogP contribution in [0.15, 0.2) is 0 Å². The molecular weight excluding hydrogens is 216 g/mol. The van der Waals surface area contributed by atoms with E-state index in [1.165, 1.54) is 18.6 Å². The summed E-state index contributed by atoms with van der Waals surface area (Å²) in [4.78, 5) is 0. The Morgan fingerprint density at radius 3 is 2.86 bits per heavy atom. The van der Waals surface area contributed by atoms with Crippen molar-refractivity contribution in [2.45, 2.75) is 44.5 Å². The largest absolute Gasteiger partial charge is 0.377 e. The van der Waals surface area contributed by atoms with Gasteiger partial charge in [-0.25, -0.2) is 0 Å². The topological polar surface area (TPSA) is 9.23 Å². The SMILES string of the molecule is CC(CCCl)CCSC1CCOC1C. The van der Waals surface area contributed by atoms with Crippen LogP contribution in [-0.2, 0) is 4.74 Å². The lowest BCUT2D eigenvalue weighted by atomic mass is 10.1. The van der Waals surface area contributed by atoms with E-state index in [2.05, 4.69) is 25.6 Å². The van der Waals surface area contributed by atoms with Crippen molar-refractivity contribution in [1.82, 2.24) is 0 Å². The van der Waals surface area contributed by atoms with Crippen LogP contribution in [0.5, 0.6) is 0 Å². The molecule has 0 N–H and O–H groups in total. The number of hydrogen-bond donors (Lipinski definition) is 0. The third-order valence-corrected chi connectivity index (χ3v) is 4.59. The molecule has 0 spiro atoms. The molecule has 1 aliphatic rings. The van der Waals surface area contributed by atoms with E-state index in [0.29, 0.717) is 6.10 Å². The minimum atomic E-state index is 0.461. The summed E-state index contributed by atoms with van der Waals surface area (Å²) >= 11 is 7.78. The van der Waals surface area contributed by atoms with Crippen LogP contribution < -0.4 is 0 Å². The molecule has 0 bridgehead atoms. The van der Waals surface area contributed by atoms with Gasteiger partial charge in [-0.05, 0) is 37.9 Å². The highest BCUT2D eigenvalue weighted by molar-refractivity contribution is 7.99. The molecular formula is C11H21ClOS. The van der Waals surface area contributed by atoms with E-state index in [1.54, 1.807) is 0 Å². The van der Waals surface area contributed by atoms with Gasteiger partial charge in [0.15, 0.2) is 0 Å². The average molecular weight is 237 g/mol. The fourth-order valence-corrected chi connectivity index (χ4v) is 3.51. The summed E-state index contributed by atoms with van der Waals surface area (Å²) in [5, 5.41) is 0.734. The standard InChI is InChI=1S/C11H21ClOS/c1-9(3-6-12)5-8-14-11-4-7-13-10(11)2/h9-11H,3-8H2,1-2H3. The number of alkyl halides is 1. The van der Waals surface area contributed by atoms with Gasteiger partial charge in [-0.15, -0.1) is 11.6 Å². The molecule has 1 fully saturated rings. The molecule has 0 amide bonds. The van der Waals surface area contributed by atoms with Crippen LogP contribution in [0.25, 0.3) is 0 Å².